The minimum atomic E-state index is -0.316. The molecule has 1 heterocycles. The van der Waals surface area contributed by atoms with E-state index in [0.29, 0.717) is 6.61 Å². The minimum Gasteiger partial charge on any atom is -0.377 e. The van der Waals surface area contributed by atoms with Gasteiger partial charge < -0.3 is 10.1 Å². The summed E-state index contributed by atoms with van der Waals surface area (Å²) in [5, 5.41) is 3.28. The molecule has 0 aliphatic rings. The minimum absolute atomic E-state index is 0.00597. The number of aromatic nitrogens is 1. The fourth-order valence-corrected chi connectivity index (χ4v) is 1.73. The van der Waals surface area contributed by atoms with E-state index in [-0.39, 0.29) is 18.0 Å². The van der Waals surface area contributed by atoms with Crippen molar-refractivity contribution in [3.63, 3.8) is 0 Å². The molecule has 0 amide bonds. The predicted molar refractivity (Wildman–Crippen MR) is 61.7 cm³/mol. The van der Waals surface area contributed by atoms with Crippen molar-refractivity contribution in [1.29, 1.82) is 0 Å². The van der Waals surface area contributed by atoms with Crippen LogP contribution < -0.4 is 5.32 Å². The molecule has 1 aromatic heterocycles. The van der Waals surface area contributed by atoms with Gasteiger partial charge in [0.15, 0.2) is 0 Å². The summed E-state index contributed by atoms with van der Waals surface area (Å²) in [4.78, 5) is 3.86. The molecular formula is C12H19FN2O. The van der Waals surface area contributed by atoms with E-state index in [2.05, 4.69) is 10.3 Å². The zero-order chi connectivity index (χ0) is 12.0. The zero-order valence-corrected chi connectivity index (χ0v) is 10.0. The molecule has 0 saturated heterocycles. The standard InChI is InChI=1S/C12H19FN2O/c1-4-15-12(9(3)16-5-2)10-6-11(13)8-14-7-10/h6-9,12,15H,4-5H2,1-3H3. The number of likely N-dealkylation sites (N-methyl/N-ethyl adjacent to an activating group) is 1. The van der Waals surface area contributed by atoms with Crippen LogP contribution in [-0.2, 0) is 4.74 Å². The summed E-state index contributed by atoms with van der Waals surface area (Å²) in [5.41, 5.74) is 0.822. The second-order valence-electron chi connectivity index (χ2n) is 3.63. The molecule has 4 heteroatoms. The quantitative estimate of drug-likeness (QED) is 0.808. The van der Waals surface area contributed by atoms with Crippen LogP contribution in [-0.4, -0.2) is 24.2 Å². The van der Waals surface area contributed by atoms with E-state index in [9.17, 15) is 4.39 Å². The molecule has 0 saturated carbocycles. The first kappa shape index (κ1) is 13.1. The Morgan fingerprint density at radius 2 is 2.19 bits per heavy atom. The molecule has 0 bridgehead atoms. The molecule has 16 heavy (non-hydrogen) atoms. The Morgan fingerprint density at radius 3 is 2.75 bits per heavy atom. The number of rotatable bonds is 6. The molecule has 3 nitrogen and oxygen atoms in total. The molecule has 2 unspecified atom stereocenters. The normalized spacial score (nSPS) is 14.8. The van der Waals surface area contributed by atoms with Gasteiger partial charge in [0.05, 0.1) is 18.3 Å². The summed E-state index contributed by atoms with van der Waals surface area (Å²) in [7, 11) is 0. The molecule has 1 rings (SSSR count). The van der Waals surface area contributed by atoms with Gasteiger partial charge in [-0.3, -0.25) is 4.98 Å². The summed E-state index contributed by atoms with van der Waals surface area (Å²) < 4.78 is 18.6. The average Bonchev–Trinajstić information content (AvgIpc) is 2.26. The highest BCUT2D eigenvalue weighted by molar-refractivity contribution is 5.16. The van der Waals surface area contributed by atoms with E-state index in [0.717, 1.165) is 12.1 Å². The van der Waals surface area contributed by atoms with Crippen LogP contribution in [0.3, 0.4) is 0 Å². The fraction of sp³-hybridized carbons (Fsp3) is 0.583. The van der Waals surface area contributed by atoms with Gasteiger partial charge in [0, 0.05) is 12.8 Å². The van der Waals surface area contributed by atoms with Crippen molar-refractivity contribution >= 4 is 0 Å². The lowest BCUT2D eigenvalue weighted by Gasteiger charge is -2.24. The number of nitrogens with one attached hydrogen (secondary N) is 1. The van der Waals surface area contributed by atoms with Crippen LogP contribution in [0, 0.1) is 5.82 Å². The SMILES string of the molecule is CCNC(c1cncc(F)c1)C(C)OCC. The molecule has 1 aromatic rings. The summed E-state index contributed by atoms with van der Waals surface area (Å²) in [5.74, 6) is -0.316. The van der Waals surface area contributed by atoms with Gasteiger partial charge in [0.2, 0.25) is 0 Å². The fourth-order valence-electron chi connectivity index (χ4n) is 1.73. The molecule has 0 aliphatic heterocycles. The smallest absolute Gasteiger partial charge is 0.141 e. The van der Waals surface area contributed by atoms with Crippen LogP contribution in [0.1, 0.15) is 32.4 Å². The van der Waals surface area contributed by atoms with Crippen molar-refractivity contribution in [2.45, 2.75) is 32.9 Å². The van der Waals surface area contributed by atoms with Gasteiger partial charge in [-0.25, -0.2) is 4.39 Å². The Labute approximate surface area is 96.0 Å². The molecule has 0 spiro atoms. The number of hydrogen-bond donors (Lipinski definition) is 1. The highest BCUT2D eigenvalue weighted by Crippen LogP contribution is 2.19. The zero-order valence-electron chi connectivity index (χ0n) is 10.0. The molecule has 2 atom stereocenters. The molecule has 0 aliphatic carbocycles. The maximum absolute atomic E-state index is 13.1. The van der Waals surface area contributed by atoms with Gasteiger partial charge in [0.25, 0.3) is 0 Å². The Morgan fingerprint density at radius 1 is 1.44 bits per heavy atom. The van der Waals surface area contributed by atoms with Gasteiger partial charge in [0.1, 0.15) is 5.82 Å². The van der Waals surface area contributed by atoms with Gasteiger partial charge in [-0.15, -0.1) is 0 Å². The number of halogens is 1. The summed E-state index contributed by atoms with van der Waals surface area (Å²) in [6.45, 7) is 7.38. The third-order valence-corrected chi connectivity index (χ3v) is 2.41. The summed E-state index contributed by atoms with van der Waals surface area (Å²) in [6, 6.07) is 1.48. The Bertz CT molecular complexity index is 320. The lowest BCUT2D eigenvalue weighted by Crippen LogP contribution is -2.32. The van der Waals surface area contributed by atoms with Crippen LogP contribution in [0.5, 0.6) is 0 Å². The highest BCUT2D eigenvalue weighted by Gasteiger charge is 2.19. The lowest BCUT2D eigenvalue weighted by atomic mass is 10.0. The molecule has 0 aromatic carbocycles. The number of hydrogen-bond acceptors (Lipinski definition) is 3. The third-order valence-electron chi connectivity index (χ3n) is 2.41. The van der Waals surface area contributed by atoms with E-state index in [4.69, 9.17) is 4.74 Å². The highest BCUT2D eigenvalue weighted by atomic mass is 19.1. The van der Waals surface area contributed by atoms with Crippen molar-refractivity contribution in [3.8, 4) is 0 Å². The van der Waals surface area contributed by atoms with Crippen LogP contribution >= 0.6 is 0 Å². The second-order valence-corrected chi connectivity index (χ2v) is 3.63. The average molecular weight is 226 g/mol. The Balaban J connectivity index is 2.83. The molecule has 90 valence electrons. The topological polar surface area (TPSA) is 34.2 Å². The van der Waals surface area contributed by atoms with Crippen molar-refractivity contribution in [2.24, 2.45) is 0 Å². The van der Waals surface area contributed by atoms with Crippen LogP contribution in [0.25, 0.3) is 0 Å². The first-order chi connectivity index (χ1) is 7.69. The number of pyridine rings is 1. The molecular weight excluding hydrogens is 207 g/mol. The predicted octanol–water partition coefficient (Wildman–Crippen LogP) is 2.30. The van der Waals surface area contributed by atoms with E-state index in [1.54, 1.807) is 6.20 Å². The first-order valence-electron chi connectivity index (χ1n) is 5.64. The lowest BCUT2D eigenvalue weighted by molar-refractivity contribution is 0.0475. The largest absolute Gasteiger partial charge is 0.377 e. The number of ether oxygens (including phenoxy) is 1. The van der Waals surface area contributed by atoms with Crippen LogP contribution in [0.15, 0.2) is 18.5 Å². The molecule has 1 N–H and O–H groups in total. The monoisotopic (exact) mass is 226 g/mol. The van der Waals surface area contributed by atoms with E-state index >= 15 is 0 Å². The van der Waals surface area contributed by atoms with Crippen LogP contribution in [0.4, 0.5) is 4.39 Å². The van der Waals surface area contributed by atoms with Gasteiger partial charge in [-0.2, -0.15) is 0 Å². The Hall–Kier alpha value is -1.00. The van der Waals surface area contributed by atoms with Crippen LogP contribution in [0.2, 0.25) is 0 Å². The maximum Gasteiger partial charge on any atom is 0.141 e. The van der Waals surface area contributed by atoms with Gasteiger partial charge >= 0.3 is 0 Å². The van der Waals surface area contributed by atoms with Crippen molar-refractivity contribution in [3.05, 3.63) is 29.8 Å². The maximum atomic E-state index is 13.1. The van der Waals surface area contributed by atoms with Gasteiger partial charge in [-0.1, -0.05) is 6.92 Å². The van der Waals surface area contributed by atoms with E-state index < -0.39 is 0 Å². The molecule has 0 fully saturated rings. The van der Waals surface area contributed by atoms with Crippen molar-refractivity contribution < 1.29 is 9.13 Å². The van der Waals surface area contributed by atoms with Gasteiger partial charge in [-0.05, 0) is 32.0 Å². The van der Waals surface area contributed by atoms with E-state index in [1.807, 2.05) is 20.8 Å². The summed E-state index contributed by atoms with van der Waals surface area (Å²) in [6.07, 6.45) is 2.87. The third kappa shape index (κ3) is 3.54. The molecule has 0 radical (unpaired) electrons. The second kappa shape index (κ2) is 6.55. The first-order valence-corrected chi connectivity index (χ1v) is 5.64. The summed E-state index contributed by atoms with van der Waals surface area (Å²) >= 11 is 0. The Kier molecular flexibility index (Phi) is 5.35. The van der Waals surface area contributed by atoms with Crippen molar-refractivity contribution in [1.82, 2.24) is 10.3 Å². The van der Waals surface area contributed by atoms with Crippen molar-refractivity contribution in [2.75, 3.05) is 13.2 Å². The van der Waals surface area contributed by atoms with E-state index in [1.165, 1.54) is 12.3 Å². The number of nitrogens with zero attached hydrogens (tertiary/aromatic N) is 1.